The van der Waals surface area contributed by atoms with Crippen molar-refractivity contribution in [1.82, 2.24) is 24.3 Å². The summed E-state index contributed by atoms with van der Waals surface area (Å²) >= 11 is 1.32. The summed E-state index contributed by atoms with van der Waals surface area (Å²) in [7, 11) is 0. The highest BCUT2D eigenvalue weighted by Gasteiger charge is 2.22. The minimum atomic E-state index is -0.324. The number of ketones is 1. The standard InChI is InChI=1S/C26H26FN5O2S/c1-17-14-23(18(2)31(17)15-22-4-3-13-34-22)24(33)16-35-26-30-29-25(19-9-11-28-12-10-19)32(26)21-7-5-20(27)6-8-21/h5-12,14,22H,3-4,13,15-16H2,1-2H3. The predicted octanol–water partition coefficient (Wildman–Crippen LogP) is 5.04. The van der Waals surface area contributed by atoms with Gasteiger partial charge in [0, 0.05) is 53.7 Å². The fourth-order valence-electron chi connectivity index (χ4n) is 4.44. The van der Waals surface area contributed by atoms with Crippen LogP contribution < -0.4 is 0 Å². The molecule has 1 aliphatic heterocycles. The quantitative estimate of drug-likeness (QED) is 0.254. The SMILES string of the molecule is Cc1cc(C(=O)CSc2nnc(-c3ccncc3)n2-c2ccc(F)cc2)c(C)n1CC1CCCO1. The van der Waals surface area contributed by atoms with Crippen molar-refractivity contribution < 1.29 is 13.9 Å². The van der Waals surface area contributed by atoms with Gasteiger partial charge in [0.05, 0.1) is 11.9 Å². The van der Waals surface area contributed by atoms with E-state index in [0.717, 1.165) is 48.5 Å². The number of halogens is 1. The maximum atomic E-state index is 13.6. The van der Waals surface area contributed by atoms with Crippen LogP contribution in [0.4, 0.5) is 4.39 Å². The van der Waals surface area contributed by atoms with Gasteiger partial charge >= 0.3 is 0 Å². The number of nitrogens with zero attached hydrogens (tertiary/aromatic N) is 5. The second-order valence-corrected chi connectivity index (χ2v) is 9.54. The molecule has 0 saturated carbocycles. The third-order valence-corrected chi connectivity index (χ3v) is 7.20. The second kappa shape index (κ2) is 10.1. The molecule has 1 aromatic carbocycles. The summed E-state index contributed by atoms with van der Waals surface area (Å²) in [5.74, 6) is 0.513. The van der Waals surface area contributed by atoms with Gasteiger partial charge in [0.2, 0.25) is 0 Å². The fourth-order valence-corrected chi connectivity index (χ4v) is 5.27. The van der Waals surface area contributed by atoms with E-state index < -0.39 is 0 Å². The van der Waals surface area contributed by atoms with E-state index in [1.54, 1.807) is 24.5 Å². The van der Waals surface area contributed by atoms with E-state index in [0.29, 0.717) is 16.7 Å². The Morgan fingerprint density at radius 1 is 1.14 bits per heavy atom. The number of benzene rings is 1. The first-order chi connectivity index (χ1) is 17.0. The van der Waals surface area contributed by atoms with Gasteiger partial charge in [-0.25, -0.2) is 4.39 Å². The number of aromatic nitrogens is 5. The van der Waals surface area contributed by atoms with E-state index in [1.807, 2.05) is 36.6 Å². The van der Waals surface area contributed by atoms with Crippen molar-refractivity contribution in [3.63, 3.8) is 0 Å². The molecule has 35 heavy (non-hydrogen) atoms. The number of thioether (sulfide) groups is 1. The average molecular weight is 492 g/mol. The molecular weight excluding hydrogens is 465 g/mol. The van der Waals surface area contributed by atoms with Crippen molar-refractivity contribution in [2.24, 2.45) is 0 Å². The summed E-state index contributed by atoms with van der Waals surface area (Å²) < 4.78 is 23.4. The normalized spacial score (nSPS) is 15.6. The number of carbonyl (C=O) groups excluding carboxylic acids is 1. The van der Waals surface area contributed by atoms with Crippen LogP contribution in [-0.2, 0) is 11.3 Å². The van der Waals surface area contributed by atoms with E-state index in [2.05, 4.69) is 19.7 Å². The predicted molar refractivity (Wildman–Crippen MR) is 132 cm³/mol. The molecule has 3 aromatic heterocycles. The topological polar surface area (TPSA) is 74.8 Å². The van der Waals surface area contributed by atoms with Crippen LogP contribution in [0.3, 0.4) is 0 Å². The molecule has 180 valence electrons. The lowest BCUT2D eigenvalue weighted by Crippen LogP contribution is -2.17. The third kappa shape index (κ3) is 4.92. The molecule has 1 atom stereocenters. The summed E-state index contributed by atoms with van der Waals surface area (Å²) in [5, 5.41) is 9.29. The van der Waals surface area contributed by atoms with E-state index in [4.69, 9.17) is 4.74 Å². The number of Topliss-reactive ketones (excluding diaryl/α,β-unsaturated/α-hetero) is 1. The molecule has 1 aliphatic rings. The number of aryl methyl sites for hydroxylation is 1. The Hall–Kier alpha value is -3.30. The highest BCUT2D eigenvalue weighted by Crippen LogP contribution is 2.29. The number of ether oxygens (including phenoxy) is 1. The molecule has 0 bridgehead atoms. The molecule has 5 rings (SSSR count). The van der Waals surface area contributed by atoms with Gasteiger partial charge in [0.25, 0.3) is 0 Å². The Labute approximate surface area is 207 Å². The van der Waals surface area contributed by atoms with Crippen LogP contribution in [0.5, 0.6) is 0 Å². The number of rotatable bonds is 8. The fraction of sp³-hybridized carbons (Fsp3) is 0.308. The first-order valence-electron chi connectivity index (χ1n) is 11.6. The maximum Gasteiger partial charge on any atom is 0.196 e. The summed E-state index contributed by atoms with van der Waals surface area (Å²) in [6.45, 7) is 5.59. The molecule has 9 heteroatoms. The summed E-state index contributed by atoms with van der Waals surface area (Å²) in [4.78, 5) is 17.3. The second-order valence-electron chi connectivity index (χ2n) is 8.60. The summed E-state index contributed by atoms with van der Waals surface area (Å²) in [6, 6.07) is 11.8. The summed E-state index contributed by atoms with van der Waals surface area (Å²) in [6.07, 6.45) is 5.71. The van der Waals surface area contributed by atoms with Crippen molar-refractivity contribution in [3.8, 4) is 17.1 Å². The number of hydrogen-bond acceptors (Lipinski definition) is 6. The van der Waals surface area contributed by atoms with Crippen molar-refractivity contribution in [2.75, 3.05) is 12.4 Å². The van der Waals surface area contributed by atoms with Crippen LogP contribution in [-0.4, -0.2) is 48.6 Å². The Morgan fingerprint density at radius 3 is 2.63 bits per heavy atom. The molecule has 0 radical (unpaired) electrons. The molecule has 0 spiro atoms. The van der Waals surface area contributed by atoms with Gasteiger partial charge < -0.3 is 9.30 Å². The molecule has 7 nitrogen and oxygen atoms in total. The molecule has 1 fully saturated rings. The summed E-state index contributed by atoms with van der Waals surface area (Å²) in [5.41, 5.74) is 4.28. The van der Waals surface area contributed by atoms with E-state index >= 15 is 0 Å². The van der Waals surface area contributed by atoms with Gasteiger partial charge in [-0.15, -0.1) is 10.2 Å². The highest BCUT2D eigenvalue weighted by molar-refractivity contribution is 7.99. The van der Waals surface area contributed by atoms with Crippen molar-refractivity contribution in [1.29, 1.82) is 0 Å². The molecule has 4 heterocycles. The highest BCUT2D eigenvalue weighted by atomic mass is 32.2. The minimum absolute atomic E-state index is 0.0285. The number of carbonyl (C=O) groups is 1. The number of pyridine rings is 1. The Bertz CT molecular complexity index is 1330. The van der Waals surface area contributed by atoms with Gasteiger partial charge in [-0.05, 0) is 69.2 Å². The largest absolute Gasteiger partial charge is 0.376 e. The molecule has 0 amide bonds. The molecule has 1 unspecified atom stereocenters. The Balaban J connectivity index is 1.39. The lowest BCUT2D eigenvalue weighted by Gasteiger charge is -2.14. The molecular formula is C26H26FN5O2S. The van der Waals surface area contributed by atoms with Crippen molar-refractivity contribution in [2.45, 2.75) is 44.5 Å². The maximum absolute atomic E-state index is 13.6. The van der Waals surface area contributed by atoms with E-state index in [-0.39, 0.29) is 23.5 Å². The minimum Gasteiger partial charge on any atom is -0.376 e. The Kier molecular flexibility index (Phi) is 6.79. The zero-order chi connectivity index (χ0) is 24.4. The van der Waals surface area contributed by atoms with Gasteiger partial charge in [-0.3, -0.25) is 14.3 Å². The molecule has 4 aromatic rings. The lowest BCUT2D eigenvalue weighted by atomic mass is 10.2. The van der Waals surface area contributed by atoms with Gasteiger partial charge in [0.15, 0.2) is 16.8 Å². The first kappa shape index (κ1) is 23.4. The van der Waals surface area contributed by atoms with E-state index in [1.165, 1.54) is 23.9 Å². The smallest absolute Gasteiger partial charge is 0.196 e. The van der Waals surface area contributed by atoms with Crippen LogP contribution in [0.2, 0.25) is 0 Å². The van der Waals surface area contributed by atoms with Crippen LogP contribution >= 0.6 is 11.8 Å². The van der Waals surface area contributed by atoms with Gasteiger partial charge in [0.1, 0.15) is 5.82 Å². The molecule has 1 saturated heterocycles. The Morgan fingerprint density at radius 2 is 1.91 bits per heavy atom. The van der Waals surface area contributed by atoms with Crippen LogP contribution in [0, 0.1) is 19.7 Å². The van der Waals surface area contributed by atoms with Crippen molar-refractivity contribution in [3.05, 3.63) is 77.6 Å². The van der Waals surface area contributed by atoms with Crippen molar-refractivity contribution >= 4 is 17.5 Å². The molecule has 0 N–H and O–H groups in total. The van der Waals surface area contributed by atoms with Crippen LogP contribution in [0.1, 0.15) is 34.6 Å². The molecule has 0 aliphatic carbocycles. The average Bonchev–Trinajstić information content (AvgIpc) is 3.60. The lowest BCUT2D eigenvalue weighted by molar-refractivity contribution is 0.0957. The zero-order valence-corrected chi connectivity index (χ0v) is 20.5. The van der Waals surface area contributed by atoms with Crippen LogP contribution in [0.15, 0.2) is 60.0 Å². The third-order valence-electron chi connectivity index (χ3n) is 6.27. The monoisotopic (exact) mass is 491 g/mol. The van der Waals surface area contributed by atoms with Gasteiger partial charge in [-0.2, -0.15) is 0 Å². The number of hydrogen-bond donors (Lipinski definition) is 0. The van der Waals surface area contributed by atoms with Gasteiger partial charge in [-0.1, -0.05) is 11.8 Å². The zero-order valence-electron chi connectivity index (χ0n) is 19.6. The van der Waals surface area contributed by atoms with Crippen LogP contribution in [0.25, 0.3) is 17.1 Å². The first-order valence-corrected chi connectivity index (χ1v) is 12.6. The van der Waals surface area contributed by atoms with E-state index in [9.17, 15) is 9.18 Å².